The van der Waals surface area contributed by atoms with Gasteiger partial charge in [0.25, 0.3) is 0 Å². The monoisotopic (exact) mass is 431 g/mol. The molecule has 1 N–H and O–H groups in total. The first kappa shape index (κ1) is 18.7. The zero-order chi connectivity index (χ0) is 15.5. The second-order valence-corrected chi connectivity index (χ2v) is 4.47. The molecule has 0 amide bonds. The first-order chi connectivity index (χ1) is 9.90. The first-order valence-electron chi connectivity index (χ1n) is 6.32. The number of hydrogen-bond acceptors (Lipinski definition) is 5. The number of ether oxygens (including phenoxy) is 2. The second-order valence-electron chi connectivity index (χ2n) is 4.47. The van der Waals surface area contributed by atoms with Crippen molar-refractivity contribution in [2.75, 3.05) is 27.2 Å². The van der Waals surface area contributed by atoms with Crippen LogP contribution in [0, 0.1) is 0 Å². The van der Waals surface area contributed by atoms with Gasteiger partial charge in [0.05, 0.1) is 25.8 Å². The Hall–Kier alpha value is -1.39. The fraction of sp³-hybridized carbons (Fsp3) is 0.462. The fourth-order valence-corrected chi connectivity index (χ4v) is 2.02. The summed E-state index contributed by atoms with van der Waals surface area (Å²) in [6.45, 7) is 1.56. The van der Waals surface area contributed by atoms with Crippen molar-refractivity contribution in [3.05, 3.63) is 23.8 Å². The van der Waals surface area contributed by atoms with Crippen LogP contribution in [0.25, 0.3) is 0 Å². The summed E-state index contributed by atoms with van der Waals surface area (Å²) >= 11 is 0. The quantitative estimate of drug-likeness (QED) is 0.745. The molecule has 1 aromatic rings. The van der Waals surface area contributed by atoms with Crippen LogP contribution in [-0.2, 0) is 6.54 Å². The van der Waals surface area contributed by atoms with Crippen LogP contribution < -0.4 is 14.8 Å². The van der Waals surface area contributed by atoms with Crippen molar-refractivity contribution in [2.24, 2.45) is 4.99 Å². The molecule has 2 rings (SSSR count). The van der Waals surface area contributed by atoms with E-state index in [9.17, 15) is 13.2 Å². The van der Waals surface area contributed by atoms with E-state index in [2.05, 4.69) is 15.0 Å². The van der Waals surface area contributed by atoms with Crippen molar-refractivity contribution < 1.29 is 22.6 Å². The molecule has 0 saturated heterocycles. The molecule has 9 heteroatoms. The molecule has 124 valence electrons. The van der Waals surface area contributed by atoms with Gasteiger partial charge < -0.3 is 19.7 Å². The average molecular weight is 431 g/mol. The number of halogens is 4. The van der Waals surface area contributed by atoms with Crippen molar-refractivity contribution in [1.82, 2.24) is 10.2 Å². The highest BCUT2D eigenvalue weighted by Crippen LogP contribution is 2.32. The maximum atomic E-state index is 12.4. The Balaban J connectivity index is 0.00000242. The summed E-state index contributed by atoms with van der Waals surface area (Å²) in [5.74, 6) is 0.681. The van der Waals surface area contributed by atoms with Gasteiger partial charge in [-0.05, 0) is 12.1 Å². The van der Waals surface area contributed by atoms with Gasteiger partial charge in [-0.25, -0.2) is 0 Å². The predicted molar refractivity (Wildman–Crippen MR) is 86.9 cm³/mol. The van der Waals surface area contributed by atoms with Crippen molar-refractivity contribution in [3.8, 4) is 11.5 Å². The van der Waals surface area contributed by atoms with E-state index >= 15 is 0 Å². The minimum Gasteiger partial charge on any atom is -0.496 e. The lowest BCUT2D eigenvalue weighted by molar-refractivity contribution is -0.274. The Morgan fingerprint density at radius 1 is 1.32 bits per heavy atom. The van der Waals surface area contributed by atoms with E-state index in [0.717, 1.165) is 6.54 Å². The van der Waals surface area contributed by atoms with Gasteiger partial charge in [0.1, 0.15) is 11.5 Å². The van der Waals surface area contributed by atoms with Gasteiger partial charge in [-0.2, -0.15) is 0 Å². The third kappa shape index (κ3) is 4.82. The number of likely N-dealkylation sites (N-methyl/N-ethyl adjacent to an activating group) is 1. The Kier molecular flexibility index (Phi) is 6.57. The van der Waals surface area contributed by atoms with Gasteiger partial charge in [-0.15, -0.1) is 37.1 Å². The molecule has 0 aromatic heterocycles. The van der Waals surface area contributed by atoms with E-state index in [0.29, 0.717) is 23.8 Å². The van der Waals surface area contributed by atoms with Crippen LogP contribution in [0.5, 0.6) is 11.5 Å². The molecule has 0 bridgehead atoms. The highest BCUT2D eigenvalue weighted by atomic mass is 127. The Morgan fingerprint density at radius 3 is 2.55 bits per heavy atom. The summed E-state index contributed by atoms with van der Waals surface area (Å²) in [6.07, 6.45) is -4.75. The summed E-state index contributed by atoms with van der Waals surface area (Å²) in [5.41, 5.74) is 0.292. The Labute approximate surface area is 143 Å². The molecular formula is C13H17F3IN3O2. The van der Waals surface area contributed by atoms with E-state index in [1.807, 2.05) is 11.9 Å². The van der Waals surface area contributed by atoms with Crippen LogP contribution in [0.4, 0.5) is 13.2 Å². The number of alkyl halides is 3. The van der Waals surface area contributed by atoms with E-state index in [1.165, 1.54) is 19.2 Å². The van der Waals surface area contributed by atoms with Gasteiger partial charge >= 0.3 is 6.36 Å². The summed E-state index contributed by atoms with van der Waals surface area (Å²) in [6, 6.07) is 4.29. The van der Waals surface area contributed by atoms with Crippen LogP contribution in [-0.4, -0.2) is 44.5 Å². The summed E-state index contributed by atoms with van der Waals surface area (Å²) in [4.78, 5) is 6.11. The molecule has 0 atom stereocenters. The lowest BCUT2D eigenvalue weighted by atomic mass is 10.1. The molecule has 0 spiro atoms. The fourth-order valence-electron chi connectivity index (χ4n) is 2.02. The average Bonchev–Trinajstić information content (AvgIpc) is 2.81. The number of benzene rings is 1. The number of aliphatic imine (C=N–C) groups is 1. The van der Waals surface area contributed by atoms with Crippen molar-refractivity contribution in [2.45, 2.75) is 12.9 Å². The Morgan fingerprint density at radius 2 is 2.00 bits per heavy atom. The zero-order valence-electron chi connectivity index (χ0n) is 12.1. The van der Waals surface area contributed by atoms with Gasteiger partial charge in [0.2, 0.25) is 0 Å². The van der Waals surface area contributed by atoms with E-state index in [-0.39, 0.29) is 36.3 Å². The molecule has 0 radical (unpaired) electrons. The SMILES string of the molecule is COc1cccc(OC(F)(F)F)c1CNC1=NCCN1C.I. The highest BCUT2D eigenvalue weighted by molar-refractivity contribution is 14.0. The van der Waals surface area contributed by atoms with Gasteiger partial charge in [-0.3, -0.25) is 4.99 Å². The van der Waals surface area contributed by atoms with E-state index < -0.39 is 6.36 Å². The van der Waals surface area contributed by atoms with Gasteiger partial charge in [0.15, 0.2) is 5.96 Å². The number of methoxy groups -OCH3 is 1. The summed E-state index contributed by atoms with van der Waals surface area (Å²) in [7, 11) is 3.25. The zero-order valence-corrected chi connectivity index (χ0v) is 14.4. The number of guanidine groups is 1. The third-order valence-electron chi connectivity index (χ3n) is 3.02. The summed E-state index contributed by atoms with van der Waals surface area (Å²) in [5, 5.41) is 3.00. The Bertz CT molecular complexity index is 538. The van der Waals surface area contributed by atoms with Crippen LogP contribution in [0.1, 0.15) is 5.56 Å². The molecule has 1 aromatic carbocycles. The largest absolute Gasteiger partial charge is 0.573 e. The van der Waals surface area contributed by atoms with Crippen LogP contribution in [0.15, 0.2) is 23.2 Å². The number of rotatable bonds is 4. The minimum atomic E-state index is -4.75. The second kappa shape index (κ2) is 7.75. The number of nitrogens with one attached hydrogen (secondary N) is 1. The smallest absolute Gasteiger partial charge is 0.496 e. The van der Waals surface area contributed by atoms with Crippen LogP contribution in [0.2, 0.25) is 0 Å². The van der Waals surface area contributed by atoms with Crippen molar-refractivity contribution >= 4 is 29.9 Å². The lowest BCUT2D eigenvalue weighted by Crippen LogP contribution is -2.35. The summed E-state index contributed by atoms with van der Waals surface area (Å²) < 4.78 is 46.5. The molecule has 22 heavy (non-hydrogen) atoms. The molecule has 5 nitrogen and oxygen atoms in total. The number of hydrogen-bond donors (Lipinski definition) is 1. The van der Waals surface area contributed by atoms with Crippen LogP contribution in [0.3, 0.4) is 0 Å². The minimum absolute atomic E-state index is 0. The molecule has 1 heterocycles. The molecular weight excluding hydrogens is 414 g/mol. The third-order valence-corrected chi connectivity index (χ3v) is 3.02. The van der Waals surface area contributed by atoms with Gasteiger partial charge in [0, 0.05) is 13.6 Å². The predicted octanol–water partition coefficient (Wildman–Crippen LogP) is 2.60. The maximum absolute atomic E-state index is 12.4. The molecule has 1 aliphatic rings. The van der Waals surface area contributed by atoms with Crippen molar-refractivity contribution in [3.63, 3.8) is 0 Å². The van der Waals surface area contributed by atoms with E-state index in [1.54, 1.807) is 6.07 Å². The number of nitrogens with zero attached hydrogens (tertiary/aromatic N) is 2. The first-order valence-corrected chi connectivity index (χ1v) is 6.32. The molecule has 1 aliphatic heterocycles. The maximum Gasteiger partial charge on any atom is 0.573 e. The topological polar surface area (TPSA) is 46.1 Å². The molecule has 0 unspecified atom stereocenters. The molecule has 0 saturated carbocycles. The lowest BCUT2D eigenvalue weighted by Gasteiger charge is -2.19. The standard InChI is InChI=1S/C13H16F3N3O2.HI/c1-19-7-6-17-12(19)18-8-9-10(20-2)4-3-5-11(9)21-13(14,15)16;/h3-5H,6-8H2,1-2H3,(H,17,18);1H. The molecule has 0 aliphatic carbocycles. The molecule has 0 fully saturated rings. The van der Waals surface area contributed by atoms with Gasteiger partial charge in [-0.1, -0.05) is 6.07 Å². The van der Waals surface area contributed by atoms with Crippen LogP contribution >= 0.6 is 24.0 Å². The normalized spacial score (nSPS) is 14.2. The van der Waals surface area contributed by atoms with E-state index in [4.69, 9.17) is 4.74 Å². The highest BCUT2D eigenvalue weighted by Gasteiger charge is 2.32. The van der Waals surface area contributed by atoms with Crippen molar-refractivity contribution in [1.29, 1.82) is 0 Å².